The van der Waals surface area contributed by atoms with Crippen LogP contribution in [-0.4, -0.2) is 50.7 Å². The van der Waals surface area contributed by atoms with Gasteiger partial charge in [-0.25, -0.2) is 14.4 Å². The Morgan fingerprint density at radius 1 is 1.07 bits per heavy atom. The Bertz CT molecular complexity index is 1770. The molecule has 0 aliphatic carbocycles. The number of hydrogen-bond acceptors (Lipinski definition) is 7. The second kappa shape index (κ2) is 11.6. The molecule has 8 nitrogen and oxygen atoms in total. The summed E-state index contributed by atoms with van der Waals surface area (Å²) in [5.74, 6) is -1.53. The third-order valence-corrected chi connectivity index (χ3v) is 7.42. The number of halogens is 6. The van der Waals surface area contributed by atoms with Crippen LogP contribution in [0.2, 0.25) is 10.3 Å². The van der Waals surface area contributed by atoms with Gasteiger partial charge in [-0.05, 0) is 53.9 Å². The number of carbonyl (C=O) groups is 1. The summed E-state index contributed by atoms with van der Waals surface area (Å²) in [6.07, 6.45) is -5.11. The highest BCUT2D eigenvalue weighted by Gasteiger charge is 2.44. The average molecular weight is 637 g/mol. The molecule has 0 spiro atoms. The number of benzene rings is 2. The molecule has 0 radical (unpaired) electrons. The second-order valence-electron chi connectivity index (χ2n) is 9.78. The lowest BCUT2D eigenvalue weighted by molar-refractivity contribution is -0.143. The molecule has 1 aliphatic heterocycles. The normalized spacial score (nSPS) is 15.2. The Balaban J connectivity index is 1.73. The highest BCUT2D eigenvalue weighted by atomic mass is 35.5. The van der Waals surface area contributed by atoms with Gasteiger partial charge in [0.15, 0.2) is 17.7 Å². The van der Waals surface area contributed by atoms with Crippen molar-refractivity contribution in [1.29, 1.82) is 0 Å². The number of anilines is 1. The smallest absolute Gasteiger partial charge is 0.412 e. The zero-order valence-corrected chi connectivity index (χ0v) is 24.0. The van der Waals surface area contributed by atoms with E-state index in [1.807, 2.05) is 0 Å². The van der Waals surface area contributed by atoms with Gasteiger partial charge in [-0.3, -0.25) is 9.79 Å². The summed E-state index contributed by atoms with van der Waals surface area (Å²) in [6.45, 7) is 1.85. The number of aromatic nitrogens is 2. The molecule has 0 amide bonds. The number of carboxylic acid groups (broad SMARTS) is 1. The maximum atomic E-state index is 15.0. The van der Waals surface area contributed by atoms with Crippen molar-refractivity contribution >= 4 is 40.7 Å². The maximum Gasteiger partial charge on any atom is 0.412 e. The maximum absolute atomic E-state index is 15.0. The van der Waals surface area contributed by atoms with Gasteiger partial charge in [0.1, 0.15) is 27.7 Å². The summed E-state index contributed by atoms with van der Waals surface area (Å²) in [5.41, 5.74) is 1.73. The SMILES string of the molecule is CC1=NC(C(F)(F)F)CN1c1ccc(-c2cc(F)c(CO)c(CC(=O)O)c2)cc1-c1nc(C)oc1-c1ccc(Cl)nc1Cl. The van der Waals surface area contributed by atoms with E-state index in [1.54, 1.807) is 31.2 Å². The molecule has 0 saturated heterocycles. The zero-order valence-electron chi connectivity index (χ0n) is 22.5. The Hall–Kier alpha value is -4.00. The van der Waals surface area contributed by atoms with Crippen LogP contribution in [0.4, 0.5) is 23.2 Å². The minimum atomic E-state index is -4.57. The van der Waals surface area contributed by atoms with Gasteiger partial charge in [0.25, 0.3) is 0 Å². The molecule has 1 atom stereocenters. The number of amidine groups is 1. The van der Waals surface area contributed by atoms with Gasteiger partial charge in [0.2, 0.25) is 0 Å². The van der Waals surface area contributed by atoms with Gasteiger partial charge in [0.05, 0.1) is 30.8 Å². The van der Waals surface area contributed by atoms with Crippen LogP contribution in [0.5, 0.6) is 0 Å². The van der Waals surface area contributed by atoms with Crippen molar-refractivity contribution in [1.82, 2.24) is 9.97 Å². The number of rotatable bonds is 7. The summed E-state index contributed by atoms with van der Waals surface area (Å²) in [7, 11) is 0. The highest BCUT2D eigenvalue weighted by molar-refractivity contribution is 6.34. The molecule has 2 aromatic heterocycles. The molecular weight excluding hydrogens is 615 g/mol. The number of aliphatic hydroxyl groups is 1. The number of oxazole rings is 1. The number of aliphatic carboxylic acids is 1. The second-order valence-corrected chi connectivity index (χ2v) is 10.5. The Labute approximate surface area is 252 Å². The van der Waals surface area contributed by atoms with Gasteiger partial charge >= 0.3 is 12.1 Å². The molecule has 2 aromatic carbocycles. The molecule has 0 fully saturated rings. The number of nitrogens with zero attached hydrogens (tertiary/aromatic N) is 4. The summed E-state index contributed by atoms with van der Waals surface area (Å²) >= 11 is 12.4. The Morgan fingerprint density at radius 2 is 1.81 bits per heavy atom. The van der Waals surface area contributed by atoms with E-state index in [0.717, 1.165) is 6.07 Å². The van der Waals surface area contributed by atoms with Gasteiger partial charge in [0, 0.05) is 18.1 Å². The minimum absolute atomic E-state index is 0.00127. The quantitative estimate of drug-likeness (QED) is 0.164. The topological polar surface area (TPSA) is 112 Å². The molecule has 14 heteroatoms. The number of hydrogen-bond donors (Lipinski definition) is 2. The summed E-state index contributed by atoms with van der Waals surface area (Å²) < 4.78 is 61.8. The molecule has 1 aliphatic rings. The molecule has 5 rings (SSSR count). The molecule has 4 aromatic rings. The Morgan fingerprint density at radius 3 is 2.44 bits per heavy atom. The number of aliphatic hydroxyl groups excluding tert-OH is 1. The lowest BCUT2D eigenvalue weighted by Crippen LogP contribution is -2.34. The lowest BCUT2D eigenvalue weighted by Gasteiger charge is -2.24. The predicted molar refractivity (Wildman–Crippen MR) is 153 cm³/mol. The fraction of sp³-hybridized carbons (Fsp3) is 0.241. The molecule has 43 heavy (non-hydrogen) atoms. The Kier molecular flexibility index (Phi) is 8.21. The molecular formula is C29H22Cl2F4N4O4. The minimum Gasteiger partial charge on any atom is -0.481 e. The standard InChI is InChI=1S/C29H22Cl2F4N4O4/c1-13-36-23(29(33,34)35)11-39(13)22-5-3-15(16-7-17(10-25(41)42)20(12-40)21(32)9-16)8-19(22)26-27(43-14(2)37-26)18-4-6-24(30)38-28(18)31/h3-9,23,40H,10-12H2,1-2H3,(H,41,42). The van der Waals surface area contributed by atoms with Crippen molar-refractivity contribution in [3.05, 3.63) is 75.6 Å². The van der Waals surface area contributed by atoms with Crippen molar-refractivity contribution in [3.8, 4) is 33.7 Å². The van der Waals surface area contributed by atoms with Crippen molar-refractivity contribution in [3.63, 3.8) is 0 Å². The van der Waals surface area contributed by atoms with Crippen LogP contribution in [0.15, 0.2) is 51.9 Å². The van der Waals surface area contributed by atoms with E-state index in [2.05, 4.69) is 15.0 Å². The van der Waals surface area contributed by atoms with Crippen molar-refractivity contribution in [2.75, 3.05) is 11.4 Å². The van der Waals surface area contributed by atoms with E-state index in [0.29, 0.717) is 22.4 Å². The van der Waals surface area contributed by atoms with Crippen LogP contribution in [0.1, 0.15) is 23.9 Å². The monoisotopic (exact) mass is 636 g/mol. The first-order valence-electron chi connectivity index (χ1n) is 12.7. The van der Waals surface area contributed by atoms with Crippen LogP contribution in [0.25, 0.3) is 33.7 Å². The number of alkyl halides is 3. The van der Waals surface area contributed by atoms with E-state index < -0.39 is 43.6 Å². The molecule has 0 bridgehead atoms. The largest absolute Gasteiger partial charge is 0.481 e. The molecule has 1 unspecified atom stereocenters. The molecule has 0 saturated carbocycles. The van der Waals surface area contributed by atoms with E-state index >= 15 is 4.39 Å². The predicted octanol–water partition coefficient (Wildman–Crippen LogP) is 7.11. The first kappa shape index (κ1) is 30.5. The van der Waals surface area contributed by atoms with E-state index in [4.69, 9.17) is 27.6 Å². The number of carboxylic acids is 1. The van der Waals surface area contributed by atoms with Crippen LogP contribution in [0.3, 0.4) is 0 Å². The van der Waals surface area contributed by atoms with Crippen LogP contribution >= 0.6 is 23.2 Å². The molecule has 224 valence electrons. The third kappa shape index (κ3) is 6.08. The fourth-order valence-electron chi connectivity index (χ4n) is 4.96. The average Bonchev–Trinajstić information content (AvgIpc) is 3.50. The van der Waals surface area contributed by atoms with Gasteiger partial charge in [-0.1, -0.05) is 35.3 Å². The number of aryl methyl sites for hydroxylation is 1. The zero-order chi connectivity index (χ0) is 31.2. The third-order valence-electron chi connectivity index (χ3n) is 6.92. The van der Waals surface area contributed by atoms with Crippen molar-refractivity contribution in [2.24, 2.45) is 4.99 Å². The molecule has 2 N–H and O–H groups in total. The summed E-state index contributed by atoms with van der Waals surface area (Å²) in [6, 6.07) is 8.38. The van der Waals surface area contributed by atoms with E-state index in [-0.39, 0.29) is 50.2 Å². The van der Waals surface area contributed by atoms with Crippen molar-refractivity contribution in [2.45, 2.75) is 39.1 Å². The van der Waals surface area contributed by atoms with E-state index in [9.17, 15) is 28.2 Å². The van der Waals surface area contributed by atoms with Gasteiger partial charge in [-0.2, -0.15) is 13.2 Å². The van der Waals surface area contributed by atoms with Crippen LogP contribution in [-0.2, 0) is 17.8 Å². The van der Waals surface area contributed by atoms with E-state index in [1.165, 1.54) is 24.0 Å². The van der Waals surface area contributed by atoms with Crippen LogP contribution < -0.4 is 4.90 Å². The summed E-state index contributed by atoms with van der Waals surface area (Å²) in [5, 5.41) is 19.1. The van der Waals surface area contributed by atoms with Crippen LogP contribution in [0, 0.1) is 12.7 Å². The first-order valence-corrected chi connectivity index (χ1v) is 13.5. The van der Waals surface area contributed by atoms with Crippen molar-refractivity contribution < 1.29 is 37.0 Å². The number of aliphatic imine (C=N–C) groups is 1. The highest BCUT2D eigenvalue weighted by Crippen LogP contribution is 2.43. The first-order chi connectivity index (χ1) is 20.3. The lowest BCUT2D eigenvalue weighted by atomic mass is 9.94. The number of pyridine rings is 1. The fourth-order valence-corrected chi connectivity index (χ4v) is 5.39. The molecule has 3 heterocycles. The summed E-state index contributed by atoms with van der Waals surface area (Å²) in [4.78, 5) is 25.2. The van der Waals surface area contributed by atoms with Gasteiger partial charge < -0.3 is 19.5 Å². The van der Waals surface area contributed by atoms with Gasteiger partial charge in [-0.15, -0.1) is 0 Å².